The molecule has 0 saturated carbocycles. The van der Waals surface area contributed by atoms with Gasteiger partial charge in [-0.3, -0.25) is 0 Å². The lowest BCUT2D eigenvalue weighted by Crippen LogP contribution is -2.26. The number of nitrogens with one attached hydrogen (secondary N) is 1. The molecule has 2 nitrogen and oxygen atoms in total. The van der Waals surface area contributed by atoms with E-state index in [9.17, 15) is 0 Å². The number of hydrogen-bond donors (Lipinski definition) is 1. The van der Waals surface area contributed by atoms with E-state index in [1.807, 2.05) is 0 Å². The zero-order valence-corrected chi connectivity index (χ0v) is 14.7. The Morgan fingerprint density at radius 1 is 1.43 bits per heavy atom. The molecule has 0 spiro atoms. The van der Waals surface area contributed by atoms with Crippen molar-refractivity contribution in [3.63, 3.8) is 0 Å². The van der Waals surface area contributed by atoms with Crippen molar-refractivity contribution in [2.45, 2.75) is 51.6 Å². The molecule has 0 aliphatic carbocycles. The topological polar surface area (TPSA) is 21.3 Å². The van der Waals surface area contributed by atoms with Crippen LogP contribution in [0.3, 0.4) is 0 Å². The zero-order chi connectivity index (χ0) is 14.9. The van der Waals surface area contributed by atoms with Crippen LogP contribution in [-0.2, 0) is 11.2 Å². The molecular weight excluding hydrogens is 326 g/mol. The van der Waals surface area contributed by atoms with E-state index < -0.39 is 0 Å². The second-order valence-corrected chi connectivity index (χ2v) is 7.03. The summed E-state index contributed by atoms with van der Waals surface area (Å²) in [5.74, 6) is 0.704. The van der Waals surface area contributed by atoms with Crippen LogP contribution >= 0.6 is 15.9 Å². The van der Waals surface area contributed by atoms with Crippen molar-refractivity contribution in [2.75, 3.05) is 19.7 Å². The van der Waals surface area contributed by atoms with Gasteiger partial charge in [-0.25, -0.2) is 0 Å². The number of rotatable bonds is 9. The van der Waals surface area contributed by atoms with Crippen LogP contribution in [0.15, 0.2) is 28.7 Å². The first-order chi connectivity index (χ1) is 10.3. The number of halogens is 1. The van der Waals surface area contributed by atoms with Crippen LogP contribution in [0.4, 0.5) is 0 Å². The summed E-state index contributed by atoms with van der Waals surface area (Å²) in [4.78, 5) is 0. The van der Waals surface area contributed by atoms with Crippen LogP contribution in [0, 0.1) is 5.92 Å². The Kier molecular flexibility index (Phi) is 7.76. The molecule has 3 heteroatoms. The van der Waals surface area contributed by atoms with Crippen molar-refractivity contribution < 1.29 is 4.74 Å². The molecule has 1 saturated heterocycles. The molecule has 0 bridgehead atoms. The molecule has 21 heavy (non-hydrogen) atoms. The predicted octanol–water partition coefficient (Wildman–Crippen LogP) is 4.57. The summed E-state index contributed by atoms with van der Waals surface area (Å²) in [6.45, 7) is 5.43. The molecule has 1 heterocycles. The highest BCUT2D eigenvalue weighted by molar-refractivity contribution is 9.10. The third kappa shape index (κ3) is 6.50. The first-order valence-corrected chi connectivity index (χ1v) is 9.14. The molecule has 1 aromatic carbocycles. The van der Waals surface area contributed by atoms with Crippen LogP contribution in [-0.4, -0.2) is 25.8 Å². The standard InChI is InChI=1S/C18H28BrNO/c1-2-10-20-14-16(8-9-18-7-4-11-21-18)12-15-5-3-6-17(19)13-15/h3,5-6,13,16,18,20H,2,4,7-12,14H2,1H3. The SMILES string of the molecule is CCCNCC(CCC1CCCO1)Cc1cccc(Br)c1. The highest BCUT2D eigenvalue weighted by Crippen LogP contribution is 2.22. The van der Waals surface area contributed by atoms with Gasteiger partial charge in [-0.2, -0.15) is 0 Å². The molecule has 2 unspecified atom stereocenters. The minimum Gasteiger partial charge on any atom is -0.378 e. The normalized spacial score (nSPS) is 19.8. The van der Waals surface area contributed by atoms with E-state index >= 15 is 0 Å². The molecule has 0 amide bonds. The molecule has 118 valence electrons. The lowest BCUT2D eigenvalue weighted by atomic mass is 9.93. The first kappa shape index (κ1) is 17.0. The number of benzene rings is 1. The molecule has 1 fully saturated rings. The van der Waals surface area contributed by atoms with Crippen LogP contribution in [0.25, 0.3) is 0 Å². The lowest BCUT2D eigenvalue weighted by molar-refractivity contribution is 0.0979. The molecule has 1 aliphatic rings. The number of hydrogen-bond acceptors (Lipinski definition) is 2. The molecule has 0 aromatic heterocycles. The minimum atomic E-state index is 0.515. The van der Waals surface area contributed by atoms with Crippen molar-refractivity contribution in [3.8, 4) is 0 Å². The fourth-order valence-corrected chi connectivity index (χ4v) is 3.50. The van der Waals surface area contributed by atoms with Gasteiger partial charge in [-0.1, -0.05) is 35.0 Å². The van der Waals surface area contributed by atoms with Gasteiger partial charge in [0.2, 0.25) is 0 Å². The largest absolute Gasteiger partial charge is 0.378 e. The van der Waals surface area contributed by atoms with E-state index in [4.69, 9.17) is 4.74 Å². The van der Waals surface area contributed by atoms with Crippen molar-refractivity contribution in [2.24, 2.45) is 5.92 Å². The molecule has 0 radical (unpaired) electrons. The van der Waals surface area contributed by atoms with E-state index in [2.05, 4.69) is 52.4 Å². The van der Waals surface area contributed by atoms with Crippen molar-refractivity contribution in [3.05, 3.63) is 34.3 Å². The van der Waals surface area contributed by atoms with Gasteiger partial charge >= 0.3 is 0 Å². The Hall–Kier alpha value is -0.380. The second kappa shape index (κ2) is 9.60. The van der Waals surface area contributed by atoms with Crippen LogP contribution in [0.1, 0.15) is 44.6 Å². The highest BCUT2D eigenvalue weighted by atomic mass is 79.9. The van der Waals surface area contributed by atoms with E-state index in [0.29, 0.717) is 12.0 Å². The average Bonchev–Trinajstić information content (AvgIpc) is 2.98. The summed E-state index contributed by atoms with van der Waals surface area (Å²) in [5.41, 5.74) is 1.43. The van der Waals surface area contributed by atoms with Gasteiger partial charge in [0, 0.05) is 11.1 Å². The zero-order valence-electron chi connectivity index (χ0n) is 13.1. The van der Waals surface area contributed by atoms with Crippen molar-refractivity contribution in [1.82, 2.24) is 5.32 Å². The molecule has 1 N–H and O–H groups in total. The average molecular weight is 354 g/mol. The predicted molar refractivity (Wildman–Crippen MR) is 92.7 cm³/mol. The molecule has 1 aliphatic heterocycles. The summed E-state index contributed by atoms with van der Waals surface area (Å²) in [5, 5.41) is 3.59. The Morgan fingerprint density at radius 3 is 3.05 bits per heavy atom. The monoisotopic (exact) mass is 353 g/mol. The van der Waals surface area contributed by atoms with Gasteiger partial charge in [0.25, 0.3) is 0 Å². The summed E-state index contributed by atoms with van der Waals surface area (Å²) in [6.07, 6.45) is 7.85. The Balaban J connectivity index is 1.84. The summed E-state index contributed by atoms with van der Waals surface area (Å²) in [6, 6.07) is 8.72. The fraction of sp³-hybridized carbons (Fsp3) is 0.667. The van der Waals surface area contributed by atoms with E-state index in [0.717, 1.165) is 26.1 Å². The van der Waals surface area contributed by atoms with Crippen molar-refractivity contribution in [1.29, 1.82) is 0 Å². The molecule has 2 rings (SSSR count). The maximum atomic E-state index is 5.77. The Labute approximate surface area is 137 Å². The van der Waals surface area contributed by atoms with Gasteiger partial charge in [0.05, 0.1) is 6.10 Å². The maximum Gasteiger partial charge on any atom is 0.0576 e. The van der Waals surface area contributed by atoms with Gasteiger partial charge < -0.3 is 10.1 Å². The number of ether oxygens (including phenoxy) is 1. The lowest BCUT2D eigenvalue weighted by Gasteiger charge is -2.20. The highest BCUT2D eigenvalue weighted by Gasteiger charge is 2.18. The summed E-state index contributed by atoms with van der Waals surface area (Å²) < 4.78 is 6.95. The summed E-state index contributed by atoms with van der Waals surface area (Å²) >= 11 is 3.57. The minimum absolute atomic E-state index is 0.515. The van der Waals surface area contributed by atoms with Gasteiger partial charge in [-0.15, -0.1) is 0 Å². The molecule has 1 aromatic rings. The fourth-order valence-electron chi connectivity index (χ4n) is 3.05. The van der Waals surface area contributed by atoms with E-state index in [1.54, 1.807) is 0 Å². The second-order valence-electron chi connectivity index (χ2n) is 6.12. The van der Waals surface area contributed by atoms with Crippen molar-refractivity contribution >= 4 is 15.9 Å². The maximum absolute atomic E-state index is 5.77. The third-order valence-corrected chi connectivity index (χ3v) is 4.69. The quantitative estimate of drug-likeness (QED) is 0.656. The Morgan fingerprint density at radius 2 is 2.33 bits per heavy atom. The van der Waals surface area contributed by atoms with Crippen LogP contribution in [0.2, 0.25) is 0 Å². The van der Waals surface area contributed by atoms with Crippen LogP contribution in [0.5, 0.6) is 0 Å². The molecule has 2 atom stereocenters. The molecular formula is C18H28BrNO. The van der Waals surface area contributed by atoms with Gasteiger partial charge in [-0.05, 0) is 75.2 Å². The van der Waals surface area contributed by atoms with Crippen LogP contribution < -0.4 is 5.32 Å². The summed E-state index contributed by atoms with van der Waals surface area (Å²) in [7, 11) is 0. The van der Waals surface area contributed by atoms with E-state index in [-0.39, 0.29) is 0 Å². The first-order valence-electron chi connectivity index (χ1n) is 8.34. The van der Waals surface area contributed by atoms with Gasteiger partial charge in [0.15, 0.2) is 0 Å². The van der Waals surface area contributed by atoms with Gasteiger partial charge in [0.1, 0.15) is 0 Å². The van der Waals surface area contributed by atoms with E-state index in [1.165, 1.54) is 42.1 Å². The Bertz CT molecular complexity index is 404. The third-order valence-electron chi connectivity index (χ3n) is 4.19. The smallest absolute Gasteiger partial charge is 0.0576 e.